The van der Waals surface area contributed by atoms with Crippen LogP contribution < -0.4 is 4.74 Å². The molecule has 7 nitrogen and oxygen atoms in total. The Morgan fingerprint density at radius 1 is 1.08 bits per heavy atom. The minimum atomic E-state index is -0.605. The van der Waals surface area contributed by atoms with E-state index in [2.05, 4.69) is 0 Å². The van der Waals surface area contributed by atoms with Gasteiger partial charge in [-0.15, -0.1) is 0 Å². The molecule has 0 bridgehead atoms. The fraction of sp³-hybridized carbons (Fsp3) is 0.167. The van der Waals surface area contributed by atoms with Crippen molar-refractivity contribution in [3.05, 3.63) is 41.2 Å². The van der Waals surface area contributed by atoms with Crippen LogP contribution in [0.1, 0.15) is 22.6 Å². The number of rotatable bonds is 0. The zero-order valence-corrected chi connectivity index (χ0v) is 12.7. The van der Waals surface area contributed by atoms with Crippen molar-refractivity contribution < 1.29 is 34.7 Å². The zero-order chi connectivity index (χ0) is 17.5. The van der Waals surface area contributed by atoms with E-state index in [9.17, 15) is 25.2 Å². The van der Waals surface area contributed by atoms with Gasteiger partial charge < -0.3 is 29.9 Å². The molecule has 7 heteroatoms. The number of aliphatic hydroxyl groups excluding tert-OH is 1. The summed E-state index contributed by atoms with van der Waals surface area (Å²) in [5.74, 6) is -1.77. The van der Waals surface area contributed by atoms with Gasteiger partial charge in [0.1, 0.15) is 28.8 Å². The zero-order valence-electron chi connectivity index (χ0n) is 12.7. The number of ether oxygens (including phenoxy) is 2. The lowest BCUT2D eigenvalue weighted by atomic mass is 9.87. The van der Waals surface area contributed by atoms with E-state index in [0.717, 1.165) is 6.08 Å². The van der Waals surface area contributed by atoms with Gasteiger partial charge in [0.25, 0.3) is 6.29 Å². The van der Waals surface area contributed by atoms with Gasteiger partial charge in [-0.1, -0.05) is 0 Å². The Morgan fingerprint density at radius 2 is 1.88 bits per heavy atom. The standard InChI is InChI=1S/C18H12O7/c19-6-3-8-12(10(20)4-6)16(22)14-9(15(8)21)5-11-13(17(14)23)7-1-2-24-18(7)25-11/h1-2,4-5,7,18,20-23H,3H2/t7-,18+/m0/s1. The Balaban J connectivity index is 1.90. The minimum absolute atomic E-state index is 0.00570. The van der Waals surface area contributed by atoms with Gasteiger partial charge in [0.15, 0.2) is 5.78 Å². The Bertz CT molecular complexity index is 1050. The number of benzene rings is 2. The smallest absolute Gasteiger partial charge is 0.250 e. The van der Waals surface area contributed by atoms with Gasteiger partial charge in [-0.25, -0.2) is 0 Å². The fourth-order valence-corrected chi connectivity index (χ4v) is 3.79. The van der Waals surface area contributed by atoms with Crippen molar-refractivity contribution in [2.75, 3.05) is 0 Å². The summed E-state index contributed by atoms with van der Waals surface area (Å²) >= 11 is 0. The molecule has 0 fully saturated rings. The predicted molar refractivity (Wildman–Crippen MR) is 85.6 cm³/mol. The van der Waals surface area contributed by atoms with Gasteiger partial charge in [0, 0.05) is 23.4 Å². The number of phenolic OH excluding ortho intramolecular Hbond substituents is 3. The lowest BCUT2D eigenvalue weighted by Gasteiger charge is -2.20. The highest BCUT2D eigenvalue weighted by atomic mass is 16.7. The summed E-state index contributed by atoms with van der Waals surface area (Å²) in [5.41, 5.74) is 0.508. The van der Waals surface area contributed by atoms with Crippen LogP contribution >= 0.6 is 0 Å². The molecule has 0 saturated carbocycles. The van der Waals surface area contributed by atoms with E-state index in [4.69, 9.17) is 9.47 Å². The number of ketones is 1. The van der Waals surface area contributed by atoms with E-state index in [1.165, 1.54) is 12.3 Å². The van der Waals surface area contributed by atoms with Crippen molar-refractivity contribution in [3.63, 3.8) is 0 Å². The van der Waals surface area contributed by atoms with Crippen molar-refractivity contribution in [2.45, 2.75) is 18.6 Å². The molecular weight excluding hydrogens is 328 g/mol. The van der Waals surface area contributed by atoms with Crippen LogP contribution in [-0.4, -0.2) is 32.5 Å². The van der Waals surface area contributed by atoms with Crippen molar-refractivity contribution in [1.29, 1.82) is 0 Å². The number of fused-ring (bicyclic) bond motifs is 5. The number of hydrogen-bond donors (Lipinski definition) is 4. The molecule has 0 radical (unpaired) electrons. The SMILES string of the molecule is O=C1C=C(O)c2c(c(O)c3cc4c(c(O)c3c2O)[C@@H]2C=CO[C@@H]2O4)C1. The maximum atomic E-state index is 11.7. The van der Waals surface area contributed by atoms with Gasteiger partial charge >= 0.3 is 0 Å². The lowest BCUT2D eigenvalue weighted by molar-refractivity contribution is -0.114. The Labute approximate surface area is 140 Å². The number of aliphatic hydroxyl groups is 1. The second-order valence-electron chi connectivity index (χ2n) is 6.26. The average molecular weight is 340 g/mol. The summed E-state index contributed by atoms with van der Waals surface area (Å²) in [6, 6.07) is 1.50. The molecule has 2 aromatic carbocycles. The summed E-state index contributed by atoms with van der Waals surface area (Å²) in [4.78, 5) is 11.7. The molecule has 25 heavy (non-hydrogen) atoms. The van der Waals surface area contributed by atoms with Gasteiger partial charge in [0.2, 0.25) is 0 Å². The van der Waals surface area contributed by atoms with Crippen LogP contribution in [0.4, 0.5) is 0 Å². The van der Waals surface area contributed by atoms with E-state index in [0.29, 0.717) is 11.3 Å². The molecule has 126 valence electrons. The molecule has 2 aromatic rings. The van der Waals surface area contributed by atoms with E-state index >= 15 is 0 Å². The van der Waals surface area contributed by atoms with Crippen LogP contribution in [0, 0.1) is 0 Å². The monoisotopic (exact) mass is 340 g/mol. The Morgan fingerprint density at radius 3 is 2.68 bits per heavy atom. The number of carbonyl (C=O) groups excluding carboxylic acids is 1. The van der Waals surface area contributed by atoms with Crippen molar-refractivity contribution in [3.8, 4) is 23.0 Å². The summed E-state index contributed by atoms with van der Waals surface area (Å²) < 4.78 is 10.9. The number of aromatic hydroxyl groups is 3. The second kappa shape index (κ2) is 4.38. The largest absolute Gasteiger partial charge is 0.507 e. The molecule has 0 unspecified atom stereocenters. The molecule has 1 aliphatic carbocycles. The van der Waals surface area contributed by atoms with E-state index in [1.807, 2.05) is 0 Å². The van der Waals surface area contributed by atoms with Gasteiger partial charge in [-0.05, 0) is 12.1 Å². The number of hydrogen-bond acceptors (Lipinski definition) is 7. The number of phenols is 3. The Hall–Kier alpha value is -3.35. The molecule has 0 saturated heterocycles. The first-order chi connectivity index (χ1) is 12.0. The van der Waals surface area contributed by atoms with Crippen molar-refractivity contribution in [1.82, 2.24) is 0 Å². The topological polar surface area (TPSA) is 116 Å². The van der Waals surface area contributed by atoms with Gasteiger partial charge in [-0.3, -0.25) is 4.79 Å². The molecule has 2 aliphatic heterocycles. The molecule has 0 amide bonds. The van der Waals surface area contributed by atoms with Crippen LogP contribution in [-0.2, 0) is 16.0 Å². The second-order valence-corrected chi connectivity index (χ2v) is 6.26. The Kier molecular flexibility index (Phi) is 2.46. The first-order valence-corrected chi connectivity index (χ1v) is 7.66. The minimum Gasteiger partial charge on any atom is -0.507 e. The first kappa shape index (κ1) is 14.0. The highest BCUT2D eigenvalue weighted by Crippen LogP contribution is 2.55. The van der Waals surface area contributed by atoms with Crippen LogP contribution in [0.15, 0.2) is 24.5 Å². The van der Waals surface area contributed by atoms with E-state index in [-0.39, 0.29) is 45.7 Å². The predicted octanol–water partition coefficient (Wildman–Crippen LogP) is 2.33. The van der Waals surface area contributed by atoms with E-state index < -0.39 is 23.6 Å². The molecular formula is C18H12O7. The third-order valence-electron chi connectivity index (χ3n) is 4.89. The summed E-state index contributed by atoms with van der Waals surface area (Å²) in [7, 11) is 0. The van der Waals surface area contributed by atoms with Gasteiger partial charge in [0.05, 0.1) is 28.7 Å². The third kappa shape index (κ3) is 1.62. The quantitative estimate of drug-likeness (QED) is 0.544. The number of carbonyl (C=O) groups is 1. The third-order valence-corrected chi connectivity index (χ3v) is 4.89. The van der Waals surface area contributed by atoms with Crippen LogP contribution in [0.5, 0.6) is 23.0 Å². The molecule has 2 atom stereocenters. The van der Waals surface area contributed by atoms with Crippen molar-refractivity contribution in [2.24, 2.45) is 0 Å². The molecule has 0 spiro atoms. The molecule has 0 aromatic heterocycles. The molecule has 3 aliphatic rings. The van der Waals surface area contributed by atoms with Crippen molar-refractivity contribution >= 4 is 22.3 Å². The van der Waals surface area contributed by atoms with Crippen LogP contribution in [0.2, 0.25) is 0 Å². The fourth-order valence-electron chi connectivity index (χ4n) is 3.79. The highest BCUT2D eigenvalue weighted by Gasteiger charge is 2.41. The summed E-state index contributed by atoms with van der Waals surface area (Å²) in [6.07, 6.45) is 3.43. The maximum Gasteiger partial charge on any atom is 0.250 e. The summed E-state index contributed by atoms with van der Waals surface area (Å²) in [6.45, 7) is 0. The van der Waals surface area contributed by atoms with E-state index in [1.54, 1.807) is 6.08 Å². The van der Waals surface area contributed by atoms with Gasteiger partial charge in [-0.2, -0.15) is 0 Å². The maximum absolute atomic E-state index is 11.7. The molecule has 2 heterocycles. The van der Waals surface area contributed by atoms with Crippen LogP contribution in [0.3, 0.4) is 0 Å². The normalized spacial score (nSPS) is 22.9. The highest BCUT2D eigenvalue weighted by molar-refractivity contribution is 6.09. The molecule has 5 rings (SSSR count). The van der Waals surface area contributed by atoms with Crippen LogP contribution in [0.25, 0.3) is 16.5 Å². The lowest BCUT2D eigenvalue weighted by Crippen LogP contribution is -2.14. The number of allylic oxidation sites excluding steroid dienone is 1. The average Bonchev–Trinajstić information content (AvgIpc) is 3.11. The first-order valence-electron chi connectivity index (χ1n) is 7.66. The summed E-state index contributed by atoms with van der Waals surface area (Å²) in [5, 5.41) is 42.2. The molecule has 4 N–H and O–H groups in total.